The normalized spacial score (nSPS) is 17.1. The fourth-order valence-corrected chi connectivity index (χ4v) is 3.58. The molecule has 0 radical (unpaired) electrons. The molecule has 1 aliphatic rings. The van der Waals surface area contributed by atoms with Gasteiger partial charge >= 0.3 is 5.97 Å². The molecule has 0 spiro atoms. The second kappa shape index (κ2) is 8.84. The number of amides is 1. The molecule has 28 heavy (non-hydrogen) atoms. The number of carbonyl (C=O) groups excluding carboxylic acids is 2. The molecule has 0 saturated carbocycles. The number of rotatable bonds is 6. The minimum absolute atomic E-state index is 0.0525. The Kier molecular flexibility index (Phi) is 6.47. The number of hydrogen-bond donors (Lipinski definition) is 0. The minimum atomic E-state index is -0.245. The van der Waals surface area contributed by atoms with Crippen molar-refractivity contribution in [3.63, 3.8) is 0 Å². The van der Waals surface area contributed by atoms with Crippen LogP contribution in [0.4, 0.5) is 0 Å². The maximum Gasteiger partial charge on any atom is 0.306 e. The van der Waals surface area contributed by atoms with E-state index in [0.717, 1.165) is 5.56 Å². The maximum atomic E-state index is 12.6. The summed E-state index contributed by atoms with van der Waals surface area (Å²) in [7, 11) is 1.73. The van der Waals surface area contributed by atoms with E-state index in [1.807, 2.05) is 25.1 Å². The number of ether oxygens (including phenoxy) is 2. The number of hydrogen-bond acceptors (Lipinski definition) is 4. The summed E-state index contributed by atoms with van der Waals surface area (Å²) in [5.74, 6) is 0.747. The highest BCUT2D eigenvalue weighted by molar-refractivity contribution is 6.32. The van der Waals surface area contributed by atoms with Crippen LogP contribution in [0.25, 0.3) is 0 Å². The second-order valence-electron chi connectivity index (χ2n) is 6.85. The van der Waals surface area contributed by atoms with Gasteiger partial charge in [0.15, 0.2) is 0 Å². The smallest absolute Gasteiger partial charge is 0.306 e. The lowest BCUT2D eigenvalue weighted by Gasteiger charge is -2.27. The number of carbonyl (C=O) groups is 2. The van der Waals surface area contributed by atoms with Crippen molar-refractivity contribution in [3.05, 3.63) is 58.1 Å². The van der Waals surface area contributed by atoms with Crippen LogP contribution in [0.2, 0.25) is 10.0 Å². The Balaban J connectivity index is 1.67. The van der Waals surface area contributed by atoms with Crippen LogP contribution in [0.1, 0.15) is 31.4 Å². The van der Waals surface area contributed by atoms with Crippen molar-refractivity contribution in [2.24, 2.45) is 5.92 Å². The average molecular weight is 422 g/mol. The second-order valence-corrected chi connectivity index (χ2v) is 7.67. The molecule has 1 fully saturated rings. The van der Waals surface area contributed by atoms with Gasteiger partial charge in [-0.1, -0.05) is 41.4 Å². The molecule has 2 unspecified atom stereocenters. The first kappa shape index (κ1) is 20.5. The zero-order valence-electron chi connectivity index (χ0n) is 15.7. The monoisotopic (exact) mass is 421 g/mol. The van der Waals surface area contributed by atoms with Crippen LogP contribution in [0.15, 0.2) is 42.5 Å². The summed E-state index contributed by atoms with van der Waals surface area (Å²) in [6, 6.07) is 12.3. The molecule has 2 aromatic rings. The van der Waals surface area contributed by atoms with Gasteiger partial charge in [-0.15, -0.1) is 0 Å². The highest BCUT2D eigenvalue weighted by Gasteiger charge is 2.28. The fraction of sp³-hybridized carbons (Fsp3) is 0.333. The van der Waals surface area contributed by atoms with Gasteiger partial charge < -0.3 is 14.4 Å². The summed E-state index contributed by atoms with van der Waals surface area (Å²) in [5, 5.41) is 1.01. The summed E-state index contributed by atoms with van der Waals surface area (Å²) < 4.78 is 10.7. The lowest BCUT2D eigenvalue weighted by Crippen LogP contribution is -2.31. The van der Waals surface area contributed by atoms with Crippen LogP contribution in [0, 0.1) is 5.92 Å². The average Bonchev–Trinajstić information content (AvgIpc) is 3.07. The van der Waals surface area contributed by atoms with E-state index in [0.29, 0.717) is 34.6 Å². The molecule has 0 bridgehead atoms. The molecule has 0 N–H and O–H groups in total. The third kappa shape index (κ3) is 4.78. The highest BCUT2D eigenvalue weighted by atomic mass is 35.5. The maximum absolute atomic E-state index is 12.6. The molecular formula is C21H21Cl2NO4. The van der Waals surface area contributed by atoms with E-state index in [-0.39, 0.29) is 30.3 Å². The van der Waals surface area contributed by atoms with Crippen LogP contribution in [0.5, 0.6) is 11.5 Å². The Morgan fingerprint density at radius 3 is 2.64 bits per heavy atom. The van der Waals surface area contributed by atoms with Crippen molar-refractivity contribution >= 4 is 35.1 Å². The zero-order valence-corrected chi connectivity index (χ0v) is 17.2. The SMILES string of the molecule is CC(c1ccc(Oc2ccccc2Cl)cc1Cl)N(C)C(=O)CC1COC(=O)C1. The molecular weight excluding hydrogens is 401 g/mol. The van der Waals surface area contributed by atoms with E-state index in [1.54, 1.807) is 36.2 Å². The quantitative estimate of drug-likeness (QED) is 0.596. The molecule has 3 rings (SSSR count). The highest BCUT2D eigenvalue weighted by Crippen LogP contribution is 2.34. The van der Waals surface area contributed by atoms with Gasteiger partial charge in [-0.2, -0.15) is 0 Å². The molecule has 1 heterocycles. The summed E-state index contributed by atoms with van der Waals surface area (Å²) in [6.07, 6.45) is 0.570. The third-order valence-corrected chi connectivity index (χ3v) is 5.50. The van der Waals surface area contributed by atoms with E-state index >= 15 is 0 Å². The van der Waals surface area contributed by atoms with E-state index < -0.39 is 0 Å². The van der Waals surface area contributed by atoms with Gasteiger partial charge in [0, 0.05) is 24.4 Å². The Hall–Kier alpha value is -2.24. The van der Waals surface area contributed by atoms with E-state index in [2.05, 4.69) is 0 Å². The van der Waals surface area contributed by atoms with Crippen molar-refractivity contribution in [2.75, 3.05) is 13.7 Å². The Bertz CT molecular complexity index is 886. The Morgan fingerprint density at radius 1 is 1.25 bits per heavy atom. The largest absolute Gasteiger partial charge is 0.465 e. The van der Waals surface area contributed by atoms with Crippen LogP contribution < -0.4 is 4.74 Å². The number of cyclic esters (lactones) is 1. The molecule has 1 saturated heterocycles. The Morgan fingerprint density at radius 2 is 2.00 bits per heavy atom. The summed E-state index contributed by atoms with van der Waals surface area (Å²) >= 11 is 12.6. The van der Waals surface area contributed by atoms with Crippen LogP contribution in [-0.2, 0) is 14.3 Å². The lowest BCUT2D eigenvalue weighted by atomic mass is 10.0. The molecule has 5 nitrogen and oxygen atoms in total. The van der Waals surface area contributed by atoms with Gasteiger partial charge in [-0.3, -0.25) is 9.59 Å². The third-order valence-electron chi connectivity index (χ3n) is 4.86. The molecule has 0 aliphatic carbocycles. The van der Waals surface area contributed by atoms with Crippen molar-refractivity contribution in [2.45, 2.75) is 25.8 Å². The standard InChI is InChI=1S/C21H21Cl2NO4/c1-13(24(2)20(25)9-14-10-21(26)27-12-14)16-8-7-15(11-18(16)23)28-19-6-4-3-5-17(19)22/h3-8,11,13-14H,9-10,12H2,1-2H3. The van der Waals surface area contributed by atoms with Crippen LogP contribution >= 0.6 is 23.2 Å². The topological polar surface area (TPSA) is 55.8 Å². The molecule has 2 atom stereocenters. The van der Waals surface area contributed by atoms with Gasteiger partial charge in [-0.05, 0) is 36.8 Å². The first-order valence-corrected chi connectivity index (χ1v) is 9.74. The van der Waals surface area contributed by atoms with E-state index in [1.165, 1.54) is 0 Å². The van der Waals surface area contributed by atoms with Gasteiger partial charge in [0.2, 0.25) is 5.91 Å². The minimum Gasteiger partial charge on any atom is -0.465 e. The fourth-order valence-electron chi connectivity index (χ4n) is 3.08. The van der Waals surface area contributed by atoms with Crippen LogP contribution in [0.3, 0.4) is 0 Å². The van der Waals surface area contributed by atoms with Crippen molar-refractivity contribution in [1.29, 1.82) is 0 Å². The van der Waals surface area contributed by atoms with Crippen molar-refractivity contribution in [3.8, 4) is 11.5 Å². The molecule has 1 amide bonds. The first-order valence-electron chi connectivity index (χ1n) is 8.98. The van der Waals surface area contributed by atoms with Crippen LogP contribution in [-0.4, -0.2) is 30.4 Å². The molecule has 148 valence electrons. The van der Waals surface area contributed by atoms with Gasteiger partial charge in [-0.25, -0.2) is 0 Å². The number of benzene rings is 2. The summed E-state index contributed by atoms with van der Waals surface area (Å²) in [6.45, 7) is 2.21. The number of esters is 1. The van der Waals surface area contributed by atoms with Gasteiger partial charge in [0.05, 0.1) is 24.1 Å². The first-order chi connectivity index (χ1) is 13.3. The predicted octanol–water partition coefficient (Wildman–Crippen LogP) is 5.26. The van der Waals surface area contributed by atoms with Crippen molar-refractivity contribution < 1.29 is 19.1 Å². The van der Waals surface area contributed by atoms with E-state index in [9.17, 15) is 9.59 Å². The summed E-state index contributed by atoms with van der Waals surface area (Å²) in [4.78, 5) is 25.4. The number of nitrogens with zero attached hydrogens (tertiary/aromatic N) is 1. The molecule has 1 aliphatic heterocycles. The van der Waals surface area contributed by atoms with E-state index in [4.69, 9.17) is 32.7 Å². The molecule has 2 aromatic carbocycles. The number of halogens is 2. The lowest BCUT2D eigenvalue weighted by molar-refractivity contribution is -0.138. The zero-order chi connectivity index (χ0) is 20.3. The van der Waals surface area contributed by atoms with Crippen molar-refractivity contribution in [1.82, 2.24) is 4.90 Å². The summed E-state index contributed by atoms with van der Waals surface area (Å²) in [5.41, 5.74) is 0.808. The predicted molar refractivity (Wildman–Crippen MR) is 108 cm³/mol. The van der Waals surface area contributed by atoms with Gasteiger partial charge in [0.1, 0.15) is 11.5 Å². The van der Waals surface area contributed by atoms with Gasteiger partial charge in [0.25, 0.3) is 0 Å². The Labute approximate surface area is 174 Å². The number of para-hydroxylation sites is 1. The molecule has 0 aromatic heterocycles. The molecule has 7 heteroatoms.